The highest BCUT2D eigenvalue weighted by Gasteiger charge is 2.28. The second-order valence-electron chi connectivity index (χ2n) is 7.75. The van der Waals surface area contributed by atoms with Gasteiger partial charge in [-0.25, -0.2) is 0 Å². The molecule has 0 saturated carbocycles. The van der Waals surface area contributed by atoms with Crippen molar-refractivity contribution in [3.05, 3.63) is 53.1 Å². The number of hydrazine groups is 2. The third-order valence-corrected chi connectivity index (χ3v) is 5.25. The Labute approximate surface area is 163 Å². The minimum absolute atomic E-state index is 0.391. The molecular formula is C21H34N6. The fraction of sp³-hybridized carbons (Fsp3) is 0.571. The number of fused-ring (bicyclic) bond motifs is 1. The van der Waals surface area contributed by atoms with Crippen LogP contribution in [0.15, 0.2) is 41.9 Å². The SMILES string of the molecule is CC(C)=CCN1C=C(CN(CCCCN)C2CCCc3cccnc32)NN1. The minimum Gasteiger partial charge on any atom is -0.330 e. The summed E-state index contributed by atoms with van der Waals surface area (Å²) in [5.41, 5.74) is 17.5. The first-order valence-electron chi connectivity index (χ1n) is 10.2. The lowest BCUT2D eigenvalue weighted by Crippen LogP contribution is -2.40. The van der Waals surface area contributed by atoms with Crippen LogP contribution in [-0.2, 0) is 6.42 Å². The van der Waals surface area contributed by atoms with E-state index in [0.717, 1.165) is 45.4 Å². The van der Waals surface area contributed by atoms with Crippen molar-refractivity contribution >= 4 is 0 Å². The molecular weight excluding hydrogens is 336 g/mol. The molecule has 2 heterocycles. The van der Waals surface area contributed by atoms with Gasteiger partial charge in [-0.1, -0.05) is 17.7 Å². The lowest BCUT2D eigenvalue weighted by Gasteiger charge is -2.35. The zero-order valence-corrected chi connectivity index (χ0v) is 16.7. The van der Waals surface area contributed by atoms with Gasteiger partial charge in [-0.05, 0) is 70.7 Å². The topological polar surface area (TPSA) is 69.5 Å². The standard InChI is InChI=1S/C21H34N6/c1-17(2)10-14-27-16-19(24-25-27)15-26(13-4-3-11-22)20-9-5-7-18-8-6-12-23-21(18)20/h6,8,10,12,16,20,24-25H,3-5,7,9,11,13-15,22H2,1-2H3. The van der Waals surface area contributed by atoms with Crippen LogP contribution in [0.1, 0.15) is 56.8 Å². The van der Waals surface area contributed by atoms with Gasteiger partial charge in [-0.3, -0.25) is 14.9 Å². The van der Waals surface area contributed by atoms with E-state index in [4.69, 9.17) is 10.7 Å². The molecule has 0 aromatic carbocycles. The van der Waals surface area contributed by atoms with E-state index < -0.39 is 0 Å². The molecule has 0 saturated heterocycles. The van der Waals surface area contributed by atoms with Crippen LogP contribution in [-0.4, -0.2) is 41.1 Å². The summed E-state index contributed by atoms with van der Waals surface area (Å²) in [6.07, 6.45) is 12.1. The molecule has 148 valence electrons. The van der Waals surface area contributed by atoms with E-state index in [2.05, 4.69) is 59.1 Å². The molecule has 0 bridgehead atoms. The number of aromatic nitrogens is 1. The third kappa shape index (κ3) is 5.54. The van der Waals surface area contributed by atoms with Gasteiger partial charge in [0.2, 0.25) is 0 Å². The predicted molar refractivity (Wildman–Crippen MR) is 110 cm³/mol. The van der Waals surface area contributed by atoms with E-state index in [1.807, 2.05) is 6.20 Å². The Morgan fingerprint density at radius 1 is 1.41 bits per heavy atom. The maximum absolute atomic E-state index is 5.73. The van der Waals surface area contributed by atoms with Crippen molar-refractivity contribution in [1.29, 1.82) is 0 Å². The average Bonchev–Trinajstić information content (AvgIpc) is 3.13. The molecule has 4 N–H and O–H groups in total. The number of pyridine rings is 1. The molecule has 2 aliphatic rings. The summed E-state index contributed by atoms with van der Waals surface area (Å²) >= 11 is 0. The van der Waals surface area contributed by atoms with Crippen LogP contribution in [0.2, 0.25) is 0 Å². The molecule has 1 aliphatic carbocycles. The maximum atomic E-state index is 5.73. The Hall–Kier alpha value is -1.89. The Morgan fingerprint density at radius 3 is 3.11 bits per heavy atom. The van der Waals surface area contributed by atoms with E-state index in [1.165, 1.54) is 35.4 Å². The summed E-state index contributed by atoms with van der Waals surface area (Å²) in [5, 5.41) is 2.09. The van der Waals surface area contributed by atoms with E-state index in [1.54, 1.807) is 0 Å². The van der Waals surface area contributed by atoms with Gasteiger partial charge in [0, 0.05) is 18.9 Å². The zero-order valence-electron chi connectivity index (χ0n) is 16.7. The number of nitrogens with one attached hydrogen (secondary N) is 2. The monoisotopic (exact) mass is 370 g/mol. The third-order valence-electron chi connectivity index (χ3n) is 5.25. The van der Waals surface area contributed by atoms with Crippen LogP contribution < -0.4 is 16.7 Å². The van der Waals surface area contributed by atoms with Gasteiger partial charge in [0.25, 0.3) is 0 Å². The molecule has 27 heavy (non-hydrogen) atoms. The summed E-state index contributed by atoms with van der Waals surface area (Å²) in [6, 6.07) is 4.69. The number of allylic oxidation sites excluding steroid dienone is 1. The number of aryl methyl sites for hydroxylation is 1. The fourth-order valence-corrected chi connectivity index (χ4v) is 3.82. The van der Waals surface area contributed by atoms with Gasteiger partial charge in [-0.15, -0.1) is 5.53 Å². The lowest BCUT2D eigenvalue weighted by atomic mass is 9.90. The van der Waals surface area contributed by atoms with Gasteiger partial charge in [0.15, 0.2) is 0 Å². The van der Waals surface area contributed by atoms with Crippen molar-refractivity contribution < 1.29 is 0 Å². The summed E-state index contributed by atoms with van der Waals surface area (Å²) in [4.78, 5) is 7.32. The van der Waals surface area contributed by atoms with E-state index >= 15 is 0 Å². The van der Waals surface area contributed by atoms with E-state index in [9.17, 15) is 0 Å². The molecule has 6 heteroatoms. The molecule has 0 amide bonds. The highest BCUT2D eigenvalue weighted by atomic mass is 15.7. The molecule has 1 unspecified atom stereocenters. The summed E-state index contributed by atoms with van der Waals surface area (Å²) < 4.78 is 0. The number of rotatable bonds is 9. The van der Waals surface area contributed by atoms with Crippen molar-refractivity contribution in [2.45, 2.75) is 52.0 Å². The van der Waals surface area contributed by atoms with Gasteiger partial charge < -0.3 is 11.2 Å². The largest absolute Gasteiger partial charge is 0.330 e. The first kappa shape index (κ1) is 19.9. The summed E-state index contributed by atoms with van der Waals surface area (Å²) in [5.74, 6) is 0. The van der Waals surface area contributed by atoms with E-state index in [0.29, 0.717) is 6.04 Å². The molecule has 0 spiro atoms. The second-order valence-corrected chi connectivity index (χ2v) is 7.75. The van der Waals surface area contributed by atoms with Crippen LogP contribution in [0.5, 0.6) is 0 Å². The molecule has 1 atom stereocenters. The van der Waals surface area contributed by atoms with Crippen molar-refractivity contribution in [1.82, 2.24) is 25.9 Å². The van der Waals surface area contributed by atoms with Crippen molar-refractivity contribution in [2.24, 2.45) is 5.73 Å². The molecule has 1 aliphatic heterocycles. The van der Waals surface area contributed by atoms with Gasteiger partial charge in [0.1, 0.15) is 0 Å². The van der Waals surface area contributed by atoms with Gasteiger partial charge in [0.05, 0.1) is 24.0 Å². The Bertz CT molecular complexity index is 664. The van der Waals surface area contributed by atoms with Gasteiger partial charge >= 0.3 is 0 Å². The highest BCUT2D eigenvalue weighted by Crippen LogP contribution is 2.33. The number of nitrogens with two attached hydrogens (primary N) is 1. The molecule has 1 aromatic heterocycles. The fourth-order valence-electron chi connectivity index (χ4n) is 3.82. The number of hydrogen-bond acceptors (Lipinski definition) is 6. The normalized spacial score (nSPS) is 18.9. The van der Waals surface area contributed by atoms with Crippen LogP contribution >= 0.6 is 0 Å². The molecule has 0 radical (unpaired) electrons. The Balaban J connectivity index is 1.71. The predicted octanol–water partition coefficient (Wildman–Crippen LogP) is 2.63. The van der Waals surface area contributed by atoms with Crippen molar-refractivity contribution in [3.63, 3.8) is 0 Å². The number of nitrogens with zero attached hydrogens (tertiary/aromatic N) is 3. The summed E-state index contributed by atoms with van der Waals surface area (Å²) in [6.45, 7) is 7.81. The average molecular weight is 371 g/mol. The molecule has 6 nitrogen and oxygen atoms in total. The summed E-state index contributed by atoms with van der Waals surface area (Å²) in [7, 11) is 0. The van der Waals surface area contributed by atoms with E-state index in [-0.39, 0.29) is 0 Å². The first-order chi connectivity index (χ1) is 13.2. The number of hydrogen-bond donors (Lipinski definition) is 3. The zero-order chi connectivity index (χ0) is 19.1. The Kier molecular flexibility index (Phi) is 7.26. The van der Waals surface area contributed by atoms with Crippen molar-refractivity contribution in [2.75, 3.05) is 26.2 Å². The second kappa shape index (κ2) is 9.88. The van der Waals surface area contributed by atoms with Crippen LogP contribution in [0.25, 0.3) is 0 Å². The van der Waals surface area contributed by atoms with Crippen LogP contribution in [0, 0.1) is 0 Å². The number of unbranched alkanes of at least 4 members (excludes halogenated alkanes) is 1. The van der Waals surface area contributed by atoms with Crippen molar-refractivity contribution in [3.8, 4) is 0 Å². The molecule has 1 aromatic rings. The van der Waals surface area contributed by atoms with Gasteiger partial charge in [-0.2, -0.15) is 0 Å². The first-order valence-corrected chi connectivity index (χ1v) is 10.2. The molecule has 3 rings (SSSR count). The van der Waals surface area contributed by atoms with Crippen LogP contribution in [0.3, 0.4) is 0 Å². The lowest BCUT2D eigenvalue weighted by molar-refractivity contribution is 0.182. The minimum atomic E-state index is 0.391. The molecule has 0 fully saturated rings. The highest BCUT2D eigenvalue weighted by molar-refractivity contribution is 5.26. The van der Waals surface area contributed by atoms with Crippen LogP contribution in [0.4, 0.5) is 0 Å². The maximum Gasteiger partial charge on any atom is 0.0607 e. The smallest absolute Gasteiger partial charge is 0.0607 e. The Morgan fingerprint density at radius 2 is 2.30 bits per heavy atom. The quantitative estimate of drug-likeness (QED) is 0.459.